The molecule has 4 fully saturated rings. The summed E-state index contributed by atoms with van der Waals surface area (Å²) in [6.07, 6.45) is 6.51. The molecule has 0 unspecified atom stereocenters. The Morgan fingerprint density at radius 2 is 1.40 bits per heavy atom. The summed E-state index contributed by atoms with van der Waals surface area (Å²) in [5, 5.41) is 5.01. The quantitative estimate of drug-likeness (QED) is 0.775. The van der Waals surface area contributed by atoms with Gasteiger partial charge in [0.15, 0.2) is 0 Å². The lowest BCUT2D eigenvalue weighted by Crippen LogP contribution is -2.53. The fourth-order valence-electron chi connectivity index (χ4n) is 4.38. The third-order valence-corrected chi connectivity index (χ3v) is 4.86. The van der Waals surface area contributed by atoms with Gasteiger partial charge in [-0.1, -0.05) is 0 Å². The van der Waals surface area contributed by atoms with Crippen LogP contribution in [-0.4, -0.2) is 14.0 Å². The number of hydrogen-bond donors (Lipinski definition) is 1. The smallest absolute Gasteiger partial charge is 0.252 e. The lowest BCUT2D eigenvalue weighted by atomic mass is 9.54. The summed E-state index contributed by atoms with van der Waals surface area (Å²) in [6, 6.07) is 0. The molecule has 0 atom stereocenters. The zero-order chi connectivity index (χ0) is 10.7. The molecule has 0 amide bonds. The second-order valence-corrected chi connectivity index (χ2v) is 6.83. The van der Waals surface area contributed by atoms with Gasteiger partial charge in [0.25, 0.3) is 0 Å². The van der Waals surface area contributed by atoms with Gasteiger partial charge in [0, 0.05) is 0 Å². The van der Waals surface area contributed by atoms with E-state index in [1.54, 1.807) is 0 Å². The molecule has 86 valence electrons. The molecule has 0 aromatic heterocycles. The second kappa shape index (κ2) is 2.96. The third-order valence-electron chi connectivity index (χ3n) is 4.27. The molecule has 0 heterocycles. The van der Waals surface area contributed by atoms with Gasteiger partial charge < -0.3 is 0 Å². The Bertz CT molecular complexity index is 341. The van der Waals surface area contributed by atoms with E-state index >= 15 is 0 Å². The topological polar surface area (TPSA) is 69.4 Å². The van der Waals surface area contributed by atoms with Gasteiger partial charge in [0.1, 0.15) is 0 Å². The highest BCUT2D eigenvalue weighted by Gasteiger charge is 2.53. The van der Waals surface area contributed by atoms with Crippen molar-refractivity contribution in [1.82, 2.24) is 0 Å². The fraction of sp³-hybridized carbons (Fsp3) is 1.00. The Morgan fingerprint density at radius 3 is 1.73 bits per heavy atom. The highest BCUT2D eigenvalue weighted by Crippen LogP contribution is 2.57. The Labute approximate surface area is 90.4 Å². The van der Waals surface area contributed by atoms with Gasteiger partial charge >= 0.3 is 10.3 Å². The van der Waals surface area contributed by atoms with Crippen molar-refractivity contribution < 1.29 is 12.6 Å². The van der Waals surface area contributed by atoms with E-state index in [0.29, 0.717) is 17.8 Å². The molecule has 4 bridgehead atoms. The summed E-state index contributed by atoms with van der Waals surface area (Å²) in [6.45, 7) is 0. The maximum atomic E-state index is 11.1. The predicted octanol–water partition coefficient (Wildman–Crippen LogP) is 1.18. The molecule has 0 radical (unpaired) electrons. The van der Waals surface area contributed by atoms with Gasteiger partial charge in [-0.05, 0) is 56.3 Å². The van der Waals surface area contributed by atoms with Gasteiger partial charge in [0.05, 0.1) is 5.60 Å². The molecule has 5 heteroatoms. The zero-order valence-electron chi connectivity index (χ0n) is 8.69. The van der Waals surface area contributed by atoms with Crippen LogP contribution in [0.15, 0.2) is 0 Å². The first-order chi connectivity index (χ1) is 6.94. The van der Waals surface area contributed by atoms with Crippen molar-refractivity contribution in [3.05, 3.63) is 0 Å². The normalized spacial score (nSPS) is 48.5. The molecule has 0 aromatic rings. The van der Waals surface area contributed by atoms with Crippen molar-refractivity contribution in [2.75, 3.05) is 0 Å². The van der Waals surface area contributed by atoms with Gasteiger partial charge in [-0.2, -0.15) is 8.42 Å². The van der Waals surface area contributed by atoms with E-state index < -0.39 is 15.9 Å². The minimum atomic E-state index is -3.79. The SMILES string of the molecule is NS(=O)(=O)OC12CC3CC(CC(C3)C1)C2. The molecule has 4 saturated carbocycles. The lowest BCUT2D eigenvalue weighted by molar-refractivity contribution is -0.104. The average molecular weight is 231 g/mol. The van der Waals surface area contributed by atoms with Crippen molar-refractivity contribution in [3.8, 4) is 0 Å². The van der Waals surface area contributed by atoms with E-state index in [4.69, 9.17) is 9.32 Å². The highest BCUT2D eigenvalue weighted by atomic mass is 32.2. The van der Waals surface area contributed by atoms with Crippen LogP contribution in [0.2, 0.25) is 0 Å². The van der Waals surface area contributed by atoms with Crippen LogP contribution in [-0.2, 0) is 14.5 Å². The first-order valence-corrected chi connectivity index (χ1v) is 7.15. The molecule has 4 nitrogen and oxygen atoms in total. The summed E-state index contributed by atoms with van der Waals surface area (Å²) in [5.74, 6) is 2.04. The Kier molecular flexibility index (Phi) is 1.98. The fourth-order valence-corrected chi connectivity index (χ4v) is 5.08. The minimum Gasteiger partial charge on any atom is -0.252 e. The van der Waals surface area contributed by atoms with Crippen molar-refractivity contribution in [2.45, 2.75) is 44.1 Å². The van der Waals surface area contributed by atoms with Gasteiger partial charge in [-0.15, -0.1) is 0 Å². The van der Waals surface area contributed by atoms with Gasteiger partial charge in [-0.3, -0.25) is 4.18 Å². The third kappa shape index (κ3) is 1.81. The van der Waals surface area contributed by atoms with E-state index in [9.17, 15) is 8.42 Å². The Balaban J connectivity index is 1.87. The van der Waals surface area contributed by atoms with E-state index in [1.807, 2.05) is 0 Å². The monoisotopic (exact) mass is 231 g/mol. The summed E-state index contributed by atoms with van der Waals surface area (Å²) in [5.41, 5.74) is -0.428. The van der Waals surface area contributed by atoms with E-state index in [0.717, 1.165) is 19.3 Å². The number of hydrogen-bond acceptors (Lipinski definition) is 3. The van der Waals surface area contributed by atoms with Gasteiger partial charge in [-0.25, -0.2) is 5.14 Å². The molecule has 0 spiro atoms. The molecule has 4 aliphatic rings. The average Bonchev–Trinajstić information content (AvgIpc) is 1.94. The van der Waals surface area contributed by atoms with Crippen molar-refractivity contribution in [2.24, 2.45) is 22.9 Å². The van der Waals surface area contributed by atoms with Crippen LogP contribution >= 0.6 is 0 Å². The van der Waals surface area contributed by atoms with Crippen LogP contribution in [0.25, 0.3) is 0 Å². The number of rotatable bonds is 2. The highest BCUT2D eigenvalue weighted by molar-refractivity contribution is 7.84. The number of nitrogens with two attached hydrogens (primary N) is 1. The predicted molar refractivity (Wildman–Crippen MR) is 55.1 cm³/mol. The lowest BCUT2D eigenvalue weighted by Gasteiger charge is -2.55. The van der Waals surface area contributed by atoms with Crippen LogP contribution in [0, 0.1) is 17.8 Å². The van der Waals surface area contributed by atoms with Crippen molar-refractivity contribution in [1.29, 1.82) is 0 Å². The maximum Gasteiger partial charge on any atom is 0.333 e. The van der Waals surface area contributed by atoms with Crippen LogP contribution < -0.4 is 5.14 Å². The molecular formula is C10H17NO3S. The van der Waals surface area contributed by atoms with E-state index in [1.165, 1.54) is 19.3 Å². The van der Waals surface area contributed by atoms with Crippen molar-refractivity contribution >= 4 is 10.3 Å². The Hall–Kier alpha value is -0.130. The van der Waals surface area contributed by atoms with Crippen LogP contribution in [0.1, 0.15) is 38.5 Å². The van der Waals surface area contributed by atoms with Crippen molar-refractivity contribution in [3.63, 3.8) is 0 Å². The summed E-state index contributed by atoms with van der Waals surface area (Å²) in [7, 11) is -3.79. The van der Waals surface area contributed by atoms with Crippen LogP contribution in [0.5, 0.6) is 0 Å². The summed E-state index contributed by atoms with van der Waals surface area (Å²) >= 11 is 0. The summed E-state index contributed by atoms with van der Waals surface area (Å²) in [4.78, 5) is 0. The first kappa shape index (κ1) is 10.1. The van der Waals surface area contributed by atoms with Gasteiger partial charge in [0.2, 0.25) is 0 Å². The minimum absolute atomic E-state index is 0.428. The summed E-state index contributed by atoms with van der Waals surface area (Å²) < 4.78 is 27.3. The molecule has 2 N–H and O–H groups in total. The molecule has 0 saturated heterocycles. The molecule has 4 rings (SSSR count). The molecule has 4 aliphatic carbocycles. The van der Waals surface area contributed by atoms with Crippen LogP contribution in [0.3, 0.4) is 0 Å². The molecule has 0 aliphatic heterocycles. The maximum absolute atomic E-state index is 11.1. The molecule has 0 aromatic carbocycles. The van der Waals surface area contributed by atoms with E-state index in [2.05, 4.69) is 0 Å². The second-order valence-electron chi connectivity index (χ2n) is 5.68. The zero-order valence-corrected chi connectivity index (χ0v) is 9.50. The molecular weight excluding hydrogens is 214 g/mol. The standard InChI is InChI=1S/C10H17NO3S/c11-15(12,13)14-10-4-7-1-8(5-10)3-9(2-7)6-10/h7-9H,1-6H2,(H2,11,12,13). The van der Waals surface area contributed by atoms with Crippen LogP contribution in [0.4, 0.5) is 0 Å². The van der Waals surface area contributed by atoms with E-state index in [-0.39, 0.29) is 0 Å². The Morgan fingerprint density at radius 1 is 1.00 bits per heavy atom. The first-order valence-electron chi connectivity index (χ1n) is 5.67. The molecule has 15 heavy (non-hydrogen) atoms. The largest absolute Gasteiger partial charge is 0.333 e.